The van der Waals surface area contributed by atoms with Crippen LogP contribution in [0.25, 0.3) is 0 Å². The second-order valence-corrected chi connectivity index (χ2v) is 3.29. The Morgan fingerprint density at radius 1 is 1.25 bits per heavy atom. The van der Waals surface area contributed by atoms with Crippen LogP contribution in [0, 0.1) is 6.92 Å². The predicted octanol–water partition coefficient (Wildman–Crippen LogP) is 3.43. The highest BCUT2D eigenvalue weighted by molar-refractivity contribution is 7.03. The molecule has 0 atom stereocenters. The third-order valence-electron chi connectivity index (χ3n) is 1.43. The second kappa shape index (κ2) is 8.65. The summed E-state index contributed by atoms with van der Waals surface area (Å²) in [4.78, 5) is 3.82. The summed E-state index contributed by atoms with van der Waals surface area (Å²) in [5.74, 6) is 0.861. The maximum Gasteiger partial charge on any atom is 0.139 e. The average Bonchev–Trinajstić information content (AvgIpc) is 2.53. The van der Waals surface area contributed by atoms with Crippen LogP contribution in [0.1, 0.15) is 45.4 Å². The molecule has 1 rings (SSSR count). The van der Waals surface area contributed by atoms with Crippen molar-refractivity contribution in [3.63, 3.8) is 0 Å². The van der Waals surface area contributed by atoms with Gasteiger partial charge in [-0.25, -0.2) is 4.98 Å². The summed E-state index contributed by atoms with van der Waals surface area (Å²) in [7, 11) is 0. The smallest absolute Gasteiger partial charge is 0.139 e. The number of hydrogen-bond donors (Lipinski definition) is 0. The monoisotopic (exact) mass is 186 g/mol. The first-order chi connectivity index (χ1) is 5.81. The Kier molecular flexibility index (Phi) is 8.34. The largest absolute Gasteiger partial charge is 0.228 e. The van der Waals surface area contributed by atoms with Gasteiger partial charge in [0, 0.05) is 0 Å². The highest BCUT2D eigenvalue weighted by Gasteiger charge is 1.78. The molecule has 0 aliphatic carbocycles. The zero-order valence-electron chi connectivity index (χ0n) is 8.21. The van der Waals surface area contributed by atoms with Crippen molar-refractivity contribution in [2.24, 2.45) is 0 Å². The van der Waals surface area contributed by atoms with Crippen molar-refractivity contribution >= 4 is 11.5 Å². The van der Waals surface area contributed by atoms with E-state index in [1.807, 2.05) is 6.92 Å². The lowest BCUT2D eigenvalue weighted by molar-refractivity contribution is 0.702. The highest BCUT2D eigenvalue weighted by atomic mass is 32.1. The summed E-state index contributed by atoms with van der Waals surface area (Å²) >= 11 is 1.38. The fraction of sp³-hybridized carbons (Fsp3) is 0.778. The molecule has 0 unspecified atom stereocenters. The van der Waals surface area contributed by atoms with Gasteiger partial charge in [-0.3, -0.25) is 0 Å². The molecule has 12 heavy (non-hydrogen) atoms. The van der Waals surface area contributed by atoms with E-state index >= 15 is 0 Å². The van der Waals surface area contributed by atoms with Gasteiger partial charge in [-0.2, -0.15) is 4.37 Å². The first-order valence-corrected chi connectivity index (χ1v) is 5.37. The lowest BCUT2D eigenvalue weighted by atomic mass is 10.2. The maximum atomic E-state index is 3.85. The van der Waals surface area contributed by atoms with E-state index in [1.54, 1.807) is 5.51 Å². The zero-order valence-corrected chi connectivity index (χ0v) is 9.02. The summed E-state index contributed by atoms with van der Waals surface area (Å²) in [5.41, 5.74) is 1.72. The number of rotatable bonds is 3. The van der Waals surface area contributed by atoms with Gasteiger partial charge < -0.3 is 0 Å². The van der Waals surface area contributed by atoms with Crippen molar-refractivity contribution < 1.29 is 0 Å². The Hall–Kier alpha value is -0.440. The average molecular weight is 186 g/mol. The molecule has 0 spiro atoms. The minimum atomic E-state index is 0.861. The molecule has 0 aromatic carbocycles. The van der Waals surface area contributed by atoms with Crippen LogP contribution in [0.5, 0.6) is 0 Å². The van der Waals surface area contributed by atoms with Crippen molar-refractivity contribution in [3.8, 4) is 0 Å². The zero-order chi connectivity index (χ0) is 9.23. The number of aromatic nitrogens is 2. The number of unbranched alkanes of at least 4 members (excludes halogenated alkanes) is 3. The van der Waals surface area contributed by atoms with Crippen LogP contribution in [0.3, 0.4) is 0 Å². The maximum absolute atomic E-state index is 3.85. The first-order valence-electron chi connectivity index (χ1n) is 4.54. The summed E-state index contributed by atoms with van der Waals surface area (Å²) < 4.78 is 3.85. The molecular formula is C9H18N2S. The predicted molar refractivity (Wildman–Crippen MR) is 54.5 cm³/mol. The van der Waals surface area contributed by atoms with E-state index in [-0.39, 0.29) is 0 Å². The summed E-state index contributed by atoms with van der Waals surface area (Å²) in [6.07, 6.45) is 5.54. The summed E-state index contributed by atoms with van der Waals surface area (Å²) in [6.45, 7) is 6.34. The molecule has 3 heteroatoms. The highest BCUT2D eigenvalue weighted by Crippen LogP contribution is 1.95. The molecule has 1 aromatic heterocycles. The Bertz CT molecular complexity index is 157. The van der Waals surface area contributed by atoms with E-state index in [2.05, 4.69) is 23.2 Å². The molecule has 2 nitrogen and oxygen atoms in total. The molecule has 0 saturated heterocycles. The molecule has 0 N–H and O–H groups in total. The molecule has 0 radical (unpaired) electrons. The Morgan fingerprint density at radius 3 is 2.00 bits per heavy atom. The van der Waals surface area contributed by atoms with E-state index in [0.29, 0.717) is 0 Å². The number of nitrogens with zero attached hydrogens (tertiary/aromatic N) is 2. The second-order valence-electron chi connectivity index (χ2n) is 2.69. The van der Waals surface area contributed by atoms with Crippen LogP contribution in [0.15, 0.2) is 5.51 Å². The van der Waals surface area contributed by atoms with E-state index in [0.717, 1.165) is 5.82 Å². The number of hydrogen-bond acceptors (Lipinski definition) is 3. The van der Waals surface area contributed by atoms with E-state index in [1.165, 1.54) is 37.2 Å². The van der Waals surface area contributed by atoms with Gasteiger partial charge >= 0.3 is 0 Å². The van der Waals surface area contributed by atoms with Gasteiger partial charge in [-0.05, 0) is 18.5 Å². The molecule has 1 aromatic rings. The van der Waals surface area contributed by atoms with Crippen LogP contribution < -0.4 is 0 Å². The van der Waals surface area contributed by atoms with Crippen LogP contribution in [0.4, 0.5) is 0 Å². The molecule has 0 bridgehead atoms. The minimum absolute atomic E-state index is 0.861. The van der Waals surface area contributed by atoms with E-state index in [9.17, 15) is 0 Å². The van der Waals surface area contributed by atoms with Crippen molar-refractivity contribution in [1.82, 2.24) is 9.36 Å². The van der Waals surface area contributed by atoms with Crippen molar-refractivity contribution in [2.75, 3.05) is 0 Å². The standard InChI is InChI=1S/C6H14.C3H4N2S/c1-3-5-6-4-2;1-3-4-2-6-5-3/h3-6H2,1-2H3;2H,1H3. The molecular weight excluding hydrogens is 168 g/mol. The summed E-state index contributed by atoms with van der Waals surface area (Å²) in [5, 5.41) is 0. The normalized spacial score (nSPS) is 8.92. The van der Waals surface area contributed by atoms with Gasteiger partial charge in [0.25, 0.3) is 0 Å². The van der Waals surface area contributed by atoms with Crippen LogP contribution in [-0.2, 0) is 0 Å². The van der Waals surface area contributed by atoms with Crippen LogP contribution in [0.2, 0.25) is 0 Å². The molecule has 0 fully saturated rings. The fourth-order valence-electron chi connectivity index (χ4n) is 0.723. The fourth-order valence-corrected chi connectivity index (χ4v) is 1.17. The Balaban J connectivity index is 0.000000202. The van der Waals surface area contributed by atoms with Gasteiger partial charge in [-0.15, -0.1) is 0 Å². The molecule has 0 saturated carbocycles. The third-order valence-corrected chi connectivity index (χ3v) is 2.00. The first kappa shape index (κ1) is 11.6. The Morgan fingerprint density at radius 2 is 1.83 bits per heavy atom. The van der Waals surface area contributed by atoms with E-state index < -0.39 is 0 Å². The lowest BCUT2D eigenvalue weighted by Crippen LogP contribution is -1.66. The van der Waals surface area contributed by atoms with Crippen molar-refractivity contribution in [1.29, 1.82) is 0 Å². The van der Waals surface area contributed by atoms with Gasteiger partial charge in [0.15, 0.2) is 0 Å². The lowest BCUT2D eigenvalue weighted by Gasteiger charge is -1.86. The van der Waals surface area contributed by atoms with Gasteiger partial charge in [0.2, 0.25) is 0 Å². The SMILES string of the molecule is CCCCCC.Cc1ncsn1. The van der Waals surface area contributed by atoms with Crippen LogP contribution >= 0.6 is 11.5 Å². The Labute approximate surface area is 79.2 Å². The van der Waals surface area contributed by atoms with E-state index in [4.69, 9.17) is 0 Å². The third kappa shape index (κ3) is 7.66. The van der Waals surface area contributed by atoms with Crippen LogP contribution in [-0.4, -0.2) is 9.36 Å². The summed E-state index contributed by atoms with van der Waals surface area (Å²) in [6, 6.07) is 0. The topological polar surface area (TPSA) is 25.8 Å². The minimum Gasteiger partial charge on any atom is -0.228 e. The molecule has 0 aliphatic heterocycles. The number of aryl methyl sites for hydroxylation is 1. The van der Waals surface area contributed by atoms with Gasteiger partial charge in [0.1, 0.15) is 11.3 Å². The molecule has 70 valence electrons. The van der Waals surface area contributed by atoms with Gasteiger partial charge in [0.05, 0.1) is 0 Å². The van der Waals surface area contributed by atoms with Gasteiger partial charge in [-0.1, -0.05) is 39.5 Å². The van der Waals surface area contributed by atoms with Crippen molar-refractivity contribution in [3.05, 3.63) is 11.3 Å². The molecule has 1 heterocycles. The quantitative estimate of drug-likeness (QED) is 0.676. The molecule has 0 aliphatic rings. The van der Waals surface area contributed by atoms with Crippen molar-refractivity contribution in [2.45, 2.75) is 46.5 Å². The molecule has 0 amide bonds.